The highest BCUT2D eigenvalue weighted by Crippen LogP contribution is 2.18. The van der Waals surface area contributed by atoms with Gasteiger partial charge >= 0.3 is 6.18 Å². The quantitative estimate of drug-likeness (QED) is 0.762. The van der Waals surface area contributed by atoms with Gasteiger partial charge in [0, 0.05) is 12.3 Å². The smallest absolute Gasteiger partial charge is 0.397 e. The van der Waals surface area contributed by atoms with Gasteiger partial charge in [-0.1, -0.05) is 6.07 Å². The first kappa shape index (κ1) is 11.2. The number of rotatable bonds is 2. The van der Waals surface area contributed by atoms with Crippen molar-refractivity contribution < 1.29 is 18.0 Å². The van der Waals surface area contributed by atoms with Gasteiger partial charge in [-0.25, -0.2) is 0 Å². The molecule has 80 valence electrons. The van der Waals surface area contributed by atoms with Gasteiger partial charge < -0.3 is 5.73 Å². The van der Waals surface area contributed by atoms with E-state index in [2.05, 4.69) is 4.98 Å². The first-order chi connectivity index (χ1) is 6.91. The normalized spacial score (nSPS) is 12.6. The zero-order valence-electron chi connectivity index (χ0n) is 7.45. The number of allylic oxidation sites excluding steroid dienone is 1. The van der Waals surface area contributed by atoms with Crippen molar-refractivity contribution in [3.63, 3.8) is 0 Å². The summed E-state index contributed by atoms with van der Waals surface area (Å²) in [4.78, 5) is 14.2. The minimum absolute atomic E-state index is 0.134. The van der Waals surface area contributed by atoms with Crippen molar-refractivity contribution in [1.29, 1.82) is 0 Å². The second-order valence-corrected chi connectivity index (χ2v) is 2.68. The Bertz CT molecular complexity index is 384. The molecule has 0 unspecified atom stereocenters. The van der Waals surface area contributed by atoms with Gasteiger partial charge in [-0.15, -0.1) is 0 Å². The fourth-order valence-electron chi connectivity index (χ4n) is 0.831. The molecule has 0 amide bonds. The summed E-state index contributed by atoms with van der Waals surface area (Å²) in [5.74, 6) is -1.99. The van der Waals surface area contributed by atoms with Gasteiger partial charge in [-0.3, -0.25) is 9.78 Å². The molecule has 0 saturated carbocycles. The molecule has 1 heterocycles. The summed E-state index contributed by atoms with van der Waals surface area (Å²) in [6.45, 7) is 0. The van der Waals surface area contributed by atoms with Crippen molar-refractivity contribution in [2.75, 3.05) is 0 Å². The summed E-state index contributed by atoms with van der Waals surface area (Å²) in [7, 11) is 0. The molecule has 0 aliphatic rings. The lowest BCUT2D eigenvalue weighted by atomic mass is 10.2. The number of alkyl halides is 3. The van der Waals surface area contributed by atoms with Gasteiger partial charge in [0.15, 0.2) is 0 Å². The standard InChI is InChI=1S/C9H7F3N2O/c10-9(11,12)8(15)5-6(13)7-3-1-2-4-14-7/h1-5H,13H2/b6-5-. The topological polar surface area (TPSA) is 56.0 Å². The zero-order chi connectivity index (χ0) is 11.5. The van der Waals surface area contributed by atoms with E-state index >= 15 is 0 Å². The van der Waals surface area contributed by atoms with E-state index in [1.165, 1.54) is 12.3 Å². The molecule has 3 nitrogen and oxygen atoms in total. The van der Waals surface area contributed by atoms with Crippen molar-refractivity contribution in [1.82, 2.24) is 4.98 Å². The van der Waals surface area contributed by atoms with Crippen LogP contribution >= 0.6 is 0 Å². The molecule has 15 heavy (non-hydrogen) atoms. The van der Waals surface area contributed by atoms with E-state index in [1.54, 1.807) is 12.1 Å². The monoisotopic (exact) mass is 216 g/mol. The molecule has 0 spiro atoms. The first-order valence-electron chi connectivity index (χ1n) is 3.91. The number of hydrogen-bond acceptors (Lipinski definition) is 3. The molecule has 1 aromatic heterocycles. The maximum Gasteiger partial charge on any atom is 0.454 e. The van der Waals surface area contributed by atoms with E-state index in [4.69, 9.17) is 5.73 Å². The zero-order valence-corrected chi connectivity index (χ0v) is 7.45. The number of carbonyl (C=O) groups excluding carboxylic acids is 1. The summed E-state index contributed by atoms with van der Waals surface area (Å²) in [6, 6.07) is 4.55. The van der Waals surface area contributed by atoms with Crippen LogP contribution in [-0.2, 0) is 4.79 Å². The van der Waals surface area contributed by atoms with Crippen LogP contribution in [0.25, 0.3) is 5.70 Å². The van der Waals surface area contributed by atoms with Crippen molar-refractivity contribution in [2.24, 2.45) is 5.73 Å². The summed E-state index contributed by atoms with van der Waals surface area (Å²) in [5, 5.41) is 0. The van der Waals surface area contributed by atoms with Gasteiger partial charge in [-0.2, -0.15) is 13.2 Å². The van der Waals surface area contributed by atoms with Gasteiger partial charge in [0.25, 0.3) is 5.78 Å². The largest absolute Gasteiger partial charge is 0.454 e. The SMILES string of the molecule is N/C(=C\C(=O)C(F)(F)F)c1ccccn1. The molecule has 2 N–H and O–H groups in total. The molecule has 0 saturated heterocycles. The summed E-state index contributed by atoms with van der Waals surface area (Å²) in [6.07, 6.45) is -3.21. The lowest BCUT2D eigenvalue weighted by Crippen LogP contribution is -2.21. The number of pyridine rings is 1. The fourth-order valence-corrected chi connectivity index (χ4v) is 0.831. The third-order valence-corrected chi connectivity index (χ3v) is 1.53. The van der Waals surface area contributed by atoms with Gasteiger partial charge in [-0.05, 0) is 12.1 Å². The molecule has 1 rings (SSSR count). The Hall–Kier alpha value is -1.85. The Morgan fingerprint density at radius 1 is 1.40 bits per heavy atom. The number of ketones is 1. The summed E-state index contributed by atoms with van der Waals surface area (Å²) < 4.78 is 35.6. The highest BCUT2D eigenvalue weighted by atomic mass is 19.4. The second kappa shape index (κ2) is 4.12. The third kappa shape index (κ3) is 3.08. The molecule has 0 aliphatic heterocycles. The van der Waals surface area contributed by atoms with Crippen LogP contribution in [0, 0.1) is 0 Å². The Morgan fingerprint density at radius 2 is 2.07 bits per heavy atom. The average Bonchev–Trinajstić information content (AvgIpc) is 2.17. The molecule has 6 heteroatoms. The molecular weight excluding hydrogens is 209 g/mol. The van der Waals surface area contributed by atoms with E-state index in [9.17, 15) is 18.0 Å². The summed E-state index contributed by atoms with van der Waals surface area (Å²) in [5.41, 5.74) is 5.10. The van der Waals surface area contributed by atoms with Crippen LogP contribution in [0.5, 0.6) is 0 Å². The third-order valence-electron chi connectivity index (χ3n) is 1.53. The van der Waals surface area contributed by atoms with Gasteiger partial charge in [0.1, 0.15) is 0 Å². The highest BCUT2D eigenvalue weighted by Gasteiger charge is 2.36. The maximum absolute atomic E-state index is 11.9. The number of nitrogens with zero attached hydrogens (tertiary/aromatic N) is 1. The average molecular weight is 216 g/mol. The Labute approximate surface area is 83.4 Å². The Kier molecular flexibility index (Phi) is 3.08. The Balaban J connectivity index is 2.91. The molecule has 0 aliphatic carbocycles. The van der Waals surface area contributed by atoms with E-state index < -0.39 is 12.0 Å². The molecule has 0 radical (unpaired) electrons. The molecule has 0 fully saturated rings. The van der Waals surface area contributed by atoms with E-state index in [0.29, 0.717) is 6.08 Å². The minimum atomic E-state index is -4.90. The lowest BCUT2D eigenvalue weighted by molar-refractivity contribution is -0.165. The number of aromatic nitrogens is 1. The van der Waals surface area contributed by atoms with Crippen LogP contribution in [0.1, 0.15) is 5.69 Å². The molecular formula is C9H7F3N2O. The van der Waals surface area contributed by atoms with Crippen LogP contribution in [0.4, 0.5) is 13.2 Å². The number of nitrogens with two attached hydrogens (primary N) is 1. The predicted molar refractivity (Wildman–Crippen MR) is 47.5 cm³/mol. The number of halogens is 3. The number of hydrogen-bond donors (Lipinski definition) is 1. The van der Waals surface area contributed by atoms with Crippen molar-refractivity contribution in [3.05, 3.63) is 36.2 Å². The first-order valence-corrected chi connectivity index (χ1v) is 3.91. The van der Waals surface area contributed by atoms with Crippen LogP contribution in [-0.4, -0.2) is 16.9 Å². The maximum atomic E-state index is 11.9. The Morgan fingerprint density at radius 3 is 2.53 bits per heavy atom. The van der Waals surface area contributed by atoms with Crippen LogP contribution in [0.15, 0.2) is 30.5 Å². The molecule has 0 aromatic carbocycles. The molecule has 1 aromatic rings. The van der Waals surface area contributed by atoms with E-state index in [0.717, 1.165) is 0 Å². The van der Waals surface area contributed by atoms with Crippen LogP contribution < -0.4 is 5.73 Å². The molecule has 0 atom stereocenters. The summed E-state index contributed by atoms with van der Waals surface area (Å²) >= 11 is 0. The lowest BCUT2D eigenvalue weighted by Gasteiger charge is -2.02. The van der Waals surface area contributed by atoms with Crippen molar-refractivity contribution in [2.45, 2.75) is 6.18 Å². The second-order valence-electron chi connectivity index (χ2n) is 2.68. The molecule has 0 bridgehead atoms. The van der Waals surface area contributed by atoms with E-state index in [1.807, 2.05) is 0 Å². The predicted octanol–water partition coefficient (Wildman–Crippen LogP) is 1.51. The van der Waals surface area contributed by atoms with Crippen molar-refractivity contribution in [3.8, 4) is 0 Å². The van der Waals surface area contributed by atoms with Crippen molar-refractivity contribution >= 4 is 11.5 Å². The van der Waals surface area contributed by atoms with Gasteiger partial charge in [0.05, 0.1) is 11.4 Å². The number of carbonyl (C=O) groups is 1. The van der Waals surface area contributed by atoms with Gasteiger partial charge in [0.2, 0.25) is 0 Å². The van der Waals surface area contributed by atoms with E-state index in [-0.39, 0.29) is 11.4 Å². The van der Waals surface area contributed by atoms with Crippen LogP contribution in [0.3, 0.4) is 0 Å². The minimum Gasteiger partial charge on any atom is -0.397 e. The highest BCUT2D eigenvalue weighted by molar-refractivity contribution is 5.99. The van der Waals surface area contributed by atoms with Crippen LogP contribution in [0.2, 0.25) is 0 Å². The fraction of sp³-hybridized carbons (Fsp3) is 0.111.